The van der Waals surface area contributed by atoms with Gasteiger partial charge in [0.15, 0.2) is 5.13 Å². The lowest BCUT2D eigenvalue weighted by Crippen LogP contribution is -2.30. The molecule has 0 bridgehead atoms. The van der Waals surface area contributed by atoms with Gasteiger partial charge in [0, 0.05) is 39.2 Å². The van der Waals surface area contributed by atoms with Crippen LogP contribution in [0.2, 0.25) is 0 Å². The van der Waals surface area contributed by atoms with E-state index in [0.29, 0.717) is 27.6 Å². The predicted octanol–water partition coefficient (Wildman–Crippen LogP) is 7.17. The van der Waals surface area contributed by atoms with E-state index in [1.54, 1.807) is 72.1 Å². The maximum absolute atomic E-state index is 13.3. The summed E-state index contributed by atoms with van der Waals surface area (Å²) in [6.07, 6.45) is 1.64. The molecule has 46 heavy (non-hydrogen) atoms. The van der Waals surface area contributed by atoms with E-state index < -0.39 is 16.7 Å². The van der Waals surface area contributed by atoms with Crippen LogP contribution >= 0.6 is 23.1 Å². The number of aromatic nitrogens is 1. The van der Waals surface area contributed by atoms with E-state index >= 15 is 0 Å². The van der Waals surface area contributed by atoms with Crippen molar-refractivity contribution in [3.63, 3.8) is 0 Å². The molecule has 0 aliphatic heterocycles. The third kappa shape index (κ3) is 8.52. The topological polar surface area (TPSA) is 143 Å². The molecule has 12 heteroatoms. The van der Waals surface area contributed by atoms with Gasteiger partial charge in [-0.1, -0.05) is 54.6 Å². The number of rotatable bonds is 11. The number of amides is 3. The summed E-state index contributed by atoms with van der Waals surface area (Å²) < 4.78 is 0. The number of hydrogen-bond donors (Lipinski definition) is 3. The molecule has 5 rings (SSSR count). The number of carbonyl (C=O) groups is 3. The van der Waals surface area contributed by atoms with Crippen LogP contribution in [0.25, 0.3) is 17.3 Å². The minimum Gasteiger partial charge on any atom is -0.321 e. The summed E-state index contributed by atoms with van der Waals surface area (Å²) in [5.74, 6) is -1.03. The van der Waals surface area contributed by atoms with Crippen LogP contribution in [-0.4, -0.2) is 33.4 Å². The Kier molecular flexibility index (Phi) is 10.3. The first-order valence-corrected chi connectivity index (χ1v) is 15.8. The zero-order valence-electron chi connectivity index (χ0n) is 24.4. The zero-order valence-corrected chi connectivity index (χ0v) is 26.1. The molecule has 0 spiro atoms. The number of nitrogens with one attached hydrogen (secondary N) is 3. The molecule has 10 nitrogen and oxygen atoms in total. The molecule has 0 unspecified atom stereocenters. The smallest absolute Gasteiger partial charge is 0.272 e. The summed E-state index contributed by atoms with van der Waals surface area (Å²) >= 11 is 2.54. The minimum absolute atomic E-state index is 0.0351. The van der Waals surface area contributed by atoms with Gasteiger partial charge in [-0.25, -0.2) is 4.98 Å². The third-order valence-electron chi connectivity index (χ3n) is 6.60. The number of nitro benzene ring substituents is 1. The van der Waals surface area contributed by atoms with Crippen molar-refractivity contribution in [3.05, 3.63) is 141 Å². The number of thioether (sulfide) groups is 1. The summed E-state index contributed by atoms with van der Waals surface area (Å²) in [6, 6.07) is 29.3. The van der Waals surface area contributed by atoms with Crippen molar-refractivity contribution < 1.29 is 19.3 Å². The van der Waals surface area contributed by atoms with Gasteiger partial charge >= 0.3 is 0 Å². The van der Waals surface area contributed by atoms with Crippen molar-refractivity contribution in [2.24, 2.45) is 0 Å². The molecule has 0 aliphatic carbocycles. The van der Waals surface area contributed by atoms with Gasteiger partial charge in [0.2, 0.25) is 5.91 Å². The predicted molar refractivity (Wildman–Crippen MR) is 182 cm³/mol. The molecule has 1 aromatic heterocycles. The summed E-state index contributed by atoms with van der Waals surface area (Å²) in [4.78, 5) is 54.6. The maximum Gasteiger partial charge on any atom is 0.272 e. The van der Waals surface area contributed by atoms with Crippen LogP contribution < -0.4 is 16.0 Å². The molecule has 0 radical (unpaired) electrons. The molecule has 0 fully saturated rings. The van der Waals surface area contributed by atoms with Crippen LogP contribution in [0.3, 0.4) is 0 Å². The molecule has 0 aliphatic rings. The fourth-order valence-electron chi connectivity index (χ4n) is 4.23. The Morgan fingerprint density at radius 3 is 2.39 bits per heavy atom. The summed E-state index contributed by atoms with van der Waals surface area (Å²) in [7, 11) is 0. The van der Waals surface area contributed by atoms with E-state index in [0.717, 1.165) is 16.0 Å². The maximum atomic E-state index is 13.3. The molecule has 0 atom stereocenters. The van der Waals surface area contributed by atoms with Gasteiger partial charge < -0.3 is 16.0 Å². The Morgan fingerprint density at radius 1 is 0.913 bits per heavy atom. The van der Waals surface area contributed by atoms with Crippen LogP contribution in [0, 0.1) is 17.0 Å². The number of aryl methyl sites for hydroxylation is 1. The first-order valence-electron chi connectivity index (χ1n) is 13.9. The summed E-state index contributed by atoms with van der Waals surface area (Å²) in [5.41, 5.74) is 3.86. The monoisotopic (exact) mass is 649 g/mol. The second kappa shape index (κ2) is 14.9. The van der Waals surface area contributed by atoms with Gasteiger partial charge in [-0.2, -0.15) is 0 Å². The molecule has 3 amide bonds. The average molecular weight is 650 g/mol. The number of nitrogens with zero attached hydrogens (tertiary/aromatic N) is 2. The first-order chi connectivity index (χ1) is 22.2. The normalized spacial score (nSPS) is 11.0. The van der Waals surface area contributed by atoms with Crippen LogP contribution in [0.5, 0.6) is 0 Å². The average Bonchev–Trinajstić information content (AvgIpc) is 3.54. The number of anilines is 2. The molecule has 1 heterocycles. The van der Waals surface area contributed by atoms with E-state index in [9.17, 15) is 24.5 Å². The summed E-state index contributed by atoms with van der Waals surface area (Å²) in [5, 5.41) is 21.5. The minimum atomic E-state index is -0.486. The highest BCUT2D eigenvalue weighted by atomic mass is 32.2. The lowest BCUT2D eigenvalue weighted by atomic mass is 10.1. The third-order valence-corrected chi connectivity index (χ3v) is 8.37. The standard InChI is InChI=1S/C34H27N5O5S2/c1-22-8-5-6-11-24(22)19-29(36-32(41)23-9-3-2-4-10-23)33(42)35-26-14-16-28(17-15-26)45-21-31(40)38-34-37-30(20-46-34)25-12-7-13-27(18-25)39(43)44/h2-20H,21H2,1H3,(H,35,42)(H,36,41)(H,37,38,40)/b29-19-. The van der Waals surface area contributed by atoms with Crippen LogP contribution in [-0.2, 0) is 9.59 Å². The van der Waals surface area contributed by atoms with Crippen LogP contribution in [0.4, 0.5) is 16.5 Å². The van der Waals surface area contributed by atoms with Crippen LogP contribution in [0.1, 0.15) is 21.5 Å². The van der Waals surface area contributed by atoms with Crippen molar-refractivity contribution in [2.45, 2.75) is 11.8 Å². The number of benzene rings is 4. The van der Waals surface area contributed by atoms with Crippen molar-refractivity contribution in [3.8, 4) is 11.3 Å². The Morgan fingerprint density at radius 2 is 1.65 bits per heavy atom. The van der Waals surface area contributed by atoms with E-state index in [4.69, 9.17) is 0 Å². The Bertz CT molecular complexity index is 1920. The van der Waals surface area contributed by atoms with E-state index in [1.807, 2.05) is 37.3 Å². The molecule has 0 saturated heterocycles. The Balaban J connectivity index is 1.18. The fraction of sp³-hybridized carbons (Fsp3) is 0.0588. The van der Waals surface area contributed by atoms with E-state index in [-0.39, 0.29) is 23.0 Å². The number of nitro groups is 1. The largest absolute Gasteiger partial charge is 0.321 e. The number of non-ortho nitro benzene ring substituents is 1. The zero-order chi connectivity index (χ0) is 32.5. The molecule has 0 saturated carbocycles. The molecule has 5 aromatic rings. The molecular weight excluding hydrogens is 623 g/mol. The fourth-order valence-corrected chi connectivity index (χ4v) is 5.66. The highest BCUT2D eigenvalue weighted by Gasteiger charge is 2.16. The second-order valence-corrected chi connectivity index (χ2v) is 11.8. The summed E-state index contributed by atoms with van der Waals surface area (Å²) in [6.45, 7) is 1.92. The Hall–Kier alpha value is -5.59. The highest BCUT2D eigenvalue weighted by molar-refractivity contribution is 8.00. The second-order valence-electron chi connectivity index (χ2n) is 9.90. The van der Waals surface area contributed by atoms with Gasteiger partial charge in [-0.05, 0) is 60.5 Å². The van der Waals surface area contributed by atoms with E-state index in [1.165, 1.54) is 35.2 Å². The Labute approximate surface area is 272 Å². The molecule has 4 aromatic carbocycles. The highest BCUT2D eigenvalue weighted by Crippen LogP contribution is 2.28. The van der Waals surface area contributed by atoms with Crippen molar-refractivity contribution in [1.82, 2.24) is 10.3 Å². The first kappa shape index (κ1) is 31.8. The number of carbonyl (C=O) groups excluding carboxylic acids is 3. The quantitative estimate of drug-likeness (QED) is 0.0596. The lowest BCUT2D eigenvalue weighted by Gasteiger charge is -2.12. The van der Waals surface area contributed by atoms with E-state index in [2.05, 4.69) is 20.9 Å². The number of thiazole rings is 1. The van der Waals surface area contributed by atoms with Crippen molar-refractivity contribution >= 4 is 63.4 Å². The number of hydrogen-bond acceptors (Lipinski definition) is 8. The van der Waals surface area contributed by atoms with Crippen molar-refractivity contribution in [2.75, 3.05) is 16.4 Å². The van der Waals surface area contributed by atoms with Crippen LogP contribution in [0.15, 0.2) is 119 Å². The van der Waals surface area contributed by atoms with Gasteiger partial charge in [0.1, 0.15) is 5.70 Å². The lowest BCUT2D eigenvalue weighted by molar-refractivity contribution is -0.384. The molecule has 230 valence electrons. The van der Waals surface area contributed by atoms with Gasteiger partial charge in [0.25, 0.3) is 17.5 Å². The van der Waals surface area contributed by atoms with Gasteiger partial charge in [-0.3, -0.25) is 24.5 Å². The molecule has 3 N–H and O–H groups in total. The van der Waals surface area contributed by atoms with Gasteiger partial charge in [-0.15, -0.1) is 23.1 Å². The SMILES string of the molecule is Cc1ccccc1/C=C(\NC(=O)c1ccccc1)C(=O)Nc1ccc(SCC(=O)Nc2nc(-c3cccc([N+](=O)[O-])c3)cs2)cc1. The molecular formula is C34H27N5O5S2. The van der Waals surface area contributed by atoms with Gasteiger partial charge in [0.05, 0.1) is 16.4 Å². The van der Waals surface area contributed by atoms with Crippen molar-refractivity contribution in [1.29, 1.82) is 0 Å².